The van der Waals surface area contributed by atoms with Crippen molar-refractivity contribution in [3.05, 3.63) is 34.3 Å². The lowest BCUT2D eigenvalue weighted by molar-refractivity contribution is -0.115. The molecule has 1 aromatic carbocycles. The molecule has 0 bridgehead atoms. The van der Waals surface area contributed by atoms with Crippen LogP contribution in [0, 0.1) is 11.3 Å². The third kappa shape index (κ3) is 2.56. The maximum atomic E-state index is 5.87. The third-order valence-electron chi connectivity index (χ3n) is 5.02. The maximum Gasteiger partial charge on any atom is 0.0685 e. The minimum atomic E-state index is 0.273. The first-order valence-corrected chi connectivity index (χ1v) is 8.40. The summed E-state index contributed by atoms with van der Waals surface area (Å²) in [5.41, 5.74) is 1.67. The lowest BCUT2D eigenvalue weighted by Gasteiger charge is -2.55. The molecule has 2 aliphatic rings. The molecule has 4 atom stereocenters. The van der Waals surface area contributed by atoms with Crippen molar-refractivity contribution in [1.82, 2.24) is 5.32 Å². The van der Waals surface area contributed by atoms with Crippen LogP contribution >= 0.6 is 15.9 Å². The molecule has 2 nitrogen and oxygen atoms in total. The maximum absolute atomic E-state index is 5.87. The van der Waals surface area contributed by atoms with Crippen molar-refractivity contribution in [2.45, 2.75) is 51.8 Å². The Labute approximate surface area is 130 Å². The van der Waals surface area contributed by atoms with Gasteiger partial charge in [-0.1, -0.05) is 41.9 Å². The lowest BCUT2D eigenvalue weighted by Crippen LogP contribution is -2.67. The minimum Gasteiger partial charge on any atom is -0.377 e. The largest absolute Gasteiger partial charge is 0.377 e. The summed E-state index contributed by atoms with van der Waals surface area (Å²) in [7, 11) is 0. The van der Waals surface area contributed by atoms with E-state index in [0.717, 1.165) is 23.4 Å². The van der Waals surface area contributed by atoms with Gasteiger partial charge in [0.2, 0.25) is 0 Å². The second-order valence-corrected chi connectivity index (χ2v) is 7.86. The fourth-order valence-corrected chi connectivity index (χ4v) is 4.27. The fraction of sp³-hybridized carbons (Fsp3) is 0.647. The van der Waals surface area contributed by atoms with E-state index in [1.165, 1.54) is 12.0 Å². The smallest absolute Gasteiger partial charge is 0.0685 e. The van der Waals surface area contributed by atoms with Gasteiger partial charge in [0, 0.05) is 34.5 Å². The van der Waals surface area contributed by atoms with Crippen molar-refractivity contribution in [2.75, 3.05) is 6.61 Å². The molecule has 1 heterocycles. The Morgan fingerprint density at radius 3 is 2.75 bits per heavy atom. The van der Waals surface area contributed by atoms with Crippen LogP contribution in [0.2, 0.25) is 0 Å². The zero-order valence-electron chi connectivity index (χ0n) is 12.5. The first-order valence-electron chi connectivity index (χ1n) is 7.60. The molecular formula is C17H24BrNO. The summed E-state index contributed by atoms with van der Waals surface area (Å²) in [6.45, 7) is 7.91. The Bertz CT molecular complexity index is 470. The molecule has 1 aromatic rings. The summed E-state index contributed by atoms with van der Waals surface area (Å²) in [5.74, 6) is 0.720. The van der Waals surface area contributed by atoms with Gasteiger partial charge < -0.3 is 10.1 Å². The number of rotatable bonds is 4. The first kappa shape index (κ1) is 14.6. The highest BCUT2D eigenvalue weighted by Crippen LogP contribution is 2.52. The molecule has 0 spiro atoms. The first-order chi connectivity index (χ1) is 9.48. The van der Waals surface area contributed by atoms with E-state index in [4.69, 9.17) is 4.74 Å². The van der Waals surface area contributed by atoms with Crippen LogP contribution in [0.1, 0.15) is 32.8 Å². The molecule has 0 radical (unpaired) electrons. The van der Waals surface area contributed by atoms with Crippen molar-refractivity contribution < 1.29 is 4.74 Å². The molecular weight excluding hydrogens is 314 g/mol. The van der Waals surface area contributed by atoms with E-state index in [1.54, 1.807) is 0 Å². The monoisotopic (exact) mass is 337 g/mol. The van der Waals surface area contributed by atoms with Gasteiger partial charge in [0.05, 0.1) is 6.10 Å². The molecule has 3 rings (SSSR count). The van der Waals surface area contributed by atoms with Crippen molar-refractivity contribution in [3.8, 4) is 0 Å². The lowest BCUT2D eigenvalue weighted by atomic mass is 9.57. The van der Waals surface area contributed by atoms with E-state index in [-0.39, 0.29) is 5.41 Å². The van der Waals surface area contributed by atoms with Crippen LogP contribution in [0.15, 0.2) is 28.7 Å². The number of fused-ring (bicyclic) bond motifs is 1. The van der Waals surface area contributed by atoms with Gasteiger partial charge in [0.25, 0.3) is 0 Å². The van der Waals surface area contributed by atoms with Gasteiger partial charge in [-0.3, -0.25) is 0 Å². The predicted molar refractivity (Wildman–Crippen MR) is 85.9 cm³/mol. The molecule has 1 N–H and O–H groups in total. The van der Waals surface area contributed by atoms with Gasteiger partial charge in [-0.05, 0) is 37.5 Å². The van der Waals surface area contributed by atoms with Crippen molar-refractivity contribution in [2.24, 2.45) is 11.3 Å². The number of halogens is 1. The van der Waals surface area contributed by atoms with Crippen molar-refractivity contribution in [3.63, 3.8) is 0 Å². The van der Waals surface area contributed by atoms with Crippen LogP contribution in [0.25, 0.3) is 0 Å². The zero-order chi connectivity index (χ0) is 14.3. The number of hydrogen-bond donors (Lipinski definition) is 1. The molecule has 4 unspecified atom stereocenters. The third-order valence-corrected chi connectivity index (χ3v) is 5.55. The molecule has 0 aromatic heterocycles. The predicted octanol–water partition coefficient (Wildman–Crippen LogP) is 3.78. The van der Waals surface area contributed by atoms with Gasteiger partial charge >= 0.3 is 0 Å². The van der Waals surface area contributed by atoms with E-state index in [0.29, 0.717) is 18.2 Å². The Kier molecular flexibility index (Phi) is 3.95. The Balaban J connectivity index is 1.59. The molecule has 1 saturated carbocycles. The van der Waals surface area contributed by atoms with Crippen LogP contribution < -0.4 is 5.32 Å². The molecule has 0 amide bonds. The number of benzene rings is 1. The highest BCUT2D eigenvalue weighted by molar-refractivity contribution is 9.10. The molecule has 20 heavy (non-hydrogen) atoms. The second-order valence-electron chi connectivity index (χ2n) is 6.94. The zero-order valence-corrected chi connectivity index (χ0v) is 14.1. The van der Waals surface area contributed by atoms with Gasteiger partial charge in [-0.2, -0.15) is 0 Å². The van der Waals surface area contributed by atoms with E-state index < -0.39 is 0 Å². The van der Waals surface area contributed by atoms with Crippen molar-refractivity contribution >= 4 is 15.9 Å². The van der Waals surface area contributed by atoms with Crippen LogP contribution in [-0.2, 0) is 11.2 Å². The summed E-state index contributed by atoms with van der Waals surface area (Å²) in [4.78, 5) is 0. The highest BCUT2D eigenvalue weighted by atomic mass is 79.9. The Morgan fingerprint density at radius 2 is 2.05 bits per heavy atom. The van der Waals surface area contributed by atoms with Crippen LogP contribution in [-0.4, -0.2) is 24.8 Å². The Hall–Kier alpha value is -0.380. The van der Waals surface area contributed by atoms with E-state index in [9.17, 15) is 0 Å². The van der Waals surface area contributed by atoms with Gasteiger partial charge in [0.15, 0.2) is 0 Å². The highest BCUT2D eigenvalue weighted by Gasteiger charge is 2.59. The standard InChI is InChI=1S/C17H24BrNO/c1-11(10-12-4-6-13(18)7-5-12)19-15-14-8-9-20-16(14)17(15,2)3/h4-7,11,14-16,19H,8-10H2,1-3H3. The summed E-state index contributed by atoms with van der Waals surface area (Å²) >= 11 is 3.49. The van der Waals surface area contributed by atoms with E-state index >= 15 is 0 Å². The molecule has 1 aliphatic carbocycles. The second kappa shape index (κ2) is 5.43. The van der Waals surface area contributed by atoms with Crippen LogP contribution in [0.3, 0.4) is 0 Å². The number of nitrogens with one attached hydrogen (secondary N) is 1. The fourth-order valence-electron chi connectivity index (χ4n) is 4.00. The van der Waals surface area contributed by atoms with Gasteiger partial charge in [-0.15, -0.1) is 0 Å². The van der Waals surface area contributed by atoms with Crippen LogP contribution in [0.4, 0.5) is 0 Å². The topological polar surface area (TPSA) is 21.3 Å². The van der Waals surface area contributed by atoms with Gasteiger partial charge in [-0.25, -0.2) is 0 Å². The summed E-state index contributed by atoms with van der Waals surface area (Å²) in [6, 6.07) is 9.75. The molecule has 1 aliphatic heterocycles. The average molecular weight is 338 g/mol. The van der Waals surface area contributed by atoms with Crippen LogP contribution in [0.5, 0.6) is 0 Å². The molecule has 1 saturated heterocycles. The van der Waals surface area contributed by atoms with Gasteiger partial charge in [0.1, 0.15) is 0 Å². The summed E-state index contributed by atoms with van der Waals surface area (Å²) in [6.07, 6.45) is 2.77. The number of hydrogen-bond acceptors (Lipinski definition) is 2. The average Bonchev–Trinajstić information content (AvgIpc) is 2.86. The number of ether oxygens (including phenoxy) is 1. The SMILES string of the molecule is CC(Cc1ccc(Br)cc1)NC1C2CCOC2C1(C)C. The quantitative estimate of drug-likeness (QED) is 0.902. The molecule has 2 fully saturated rings. The summed E-state index contributed by atoms with van der Waals surface area (Å²) < 4.78 is 7.01. The van der Waals surface area contributed by atoms with Crippen molar-refractivity contribution in [1.29, 1.82) is 0 Å². The Morgan fingerprint density at radius 1 is 1.35 bits per heavy atom. The summed E-state index contributed by atoms with van der Waals surface area (Å²) in [5, 5.41) is 3.85. The van der Waals surface area contributed by atoms with E-state index in [1.807, 2.05) is 0 Å². The molecule has 110 valence electrons. The normalized spacial score (nSPS) is 32.5. The minimum absolute atomic E-state index is 0.273. The molecule has 3 heteroatoms. The van der Waals surface area contributed by atoms with E-state index in [2.05, 4.69) is 66.3 Å².